The fourth-order valence-corrected chi connectivity index (χ4v) is 16.4. The summed E-state index contributed by atoms with van der Waals surface area (Å²) in [6, 6.07) is 0. The van der Waals surface area contributed by atoms with Crippen LogP contribution in [0.4, 0.5) is 0 Å². The Morgan fingerprint density at radius 2 is 0.837 bits per heavy atom. The number of ether oxygens (including phenoxy) is 2. The third-order valence-corrected chi connectivity index (χ3v) is 18.2. The summed E-state index contributed by atoms with van der Waals surface area (Å²) in [6.07, 6.45) is 29.7. The minimum Gasteiger partial charge on any atom is -0.376 e. The van der Waals surface area contributed by atoms with Gasteiger partial charge in [0.15, 0.2) is 0 Å². The average Bonchev–Trinajstić information content (AvgIpc) is 3.51. The van der Waals surface area contributed by atoms with E-state index in [9.17, 15) is 0 Å². The summed E-state index contributed by atoms with van der Waals surface area (Å²) >= 11 is 0. The third kappa shape index (κ3) is 10.6. The predicted octanol–water partition coefficient (Wildman–Crippen LogP) is 12.6. The van der Waals surface area contributed by atoms with Gasteiger partial charge in [-0.2, -0.15) is 0 Å². The normalized spacial score (nSPS) is 33.5. The van der Waals surface area contributed by atoms with Crippen molar-refractivity contribution < 1.29 is 9.47 Å². The van der Waals surface area contributed by atoms with Crippen LogP contribution in [0.3, 0.4) is 0 Å². The van der Waals surface area contributed by atoms with Crippen molar-refractivity contribution in [3.8, 4) is 0 Å². The van der Waals surface area contributed by atoms with Crippen molar-refractivity contribution in [2.24, 2.45) is 35.5 Å². The number of rotatable bonds is 16. The van der Waals surface area contributed by atoms with E-state index in [-0.39, 0.29) is 11.2 Å². The fourth-order valence-electron chi connectivity index (χ4n) is 11.0. The molecule has 3 heteroatoms. The Morgan fingerprint density at radius 1 is 0.488 bits per heavy atom. The van der Waals surface area contributed by atoms with E-state index in [1.54, 1.807) is 38.5 Å². The topological polar surface area (TPSA) is 18.5 Å². The summed E-state index contributed by atoms with van der Waals surface area (Å²) in [7, 11) is -1.34. The molecule has 0 spiro atoms. The van der Waals surface area contributed by atoms with Gasteiger partial charge in [0.05, 0.1) is 19.3 Å². The SMILES string of the molecule is CC(C)(C)OCCCCCCC1CC([Si](C)(C)C2CC(CCCCCCOC(C)(C)C)C3CCCCC32)C2CCCCC12. The lowest BCUT2D eigenvalue weighted by atomic mass is 9.76. The van der Waals surface area contributed by atoms with E-state index in [4.69, 9.17) is 9.47 Å². The van der Waals surface area contributed by atoms with Crippen LogP contribution in [0.25, 0.3) is 0 Å². The van der Waals surface area contributed by atoms with Crippen LogP contribution in [0.1, 0.15) is 170 Å². The summed E-state index contributed by atoms with van der Waals surface area (Å²) in [5.41, 5.74) is 2.28. The van der Waals surface area contributed by atoms with Crippen LogP contribution >= 0.6 is 0 Å². The van der Waals surface area contributed by atoms with Crippen LogP contribution in [0.15, 0.2) is 0 Å². The molecule has 8 unspecified atom stereocenters. The Bertz CT molecular complexity index is 729. The van der Waals surface area contributed by atoms with Crippen LogP contribution in [0.2, 0.25) is 24.2 Å². The van der Waals surface area contributed by atoms with Crippen LogP contribution in [-0.2, 0) is 9.47 Å². The second kappa shape index (κ2) is 16.3. The molecule has 0 aliphatic heterocycles. The zero-order valence-corrected chi connectivity index (χ0v) is 31.5. The third-order valence-electron chi connectivity index (χ3n) is 13.0. The molecule has 0 bridgehead atoms. The highest BCUT2D eigenvalue weighted by Gasteiger charge is 2.57. The van der Waals surface area contributed by atoms with E-state index >= 15 is 0 Å². The van der Waals surface area contributed by atoms with Crippen molar-refractivity contribution in [1.29, 1.82) is 0 Å². The lowest BCUT2D eigenvalue weighted by molar-refractivity contribution is -0.00514. The van der Waals surface area contributed by atoms with Crippen molar-refractivity contribution in [1.82, 2.24) is 0 Å². The molecule has 0 aromatic heterocycles. The molecule has 0 aromatic rings. The second-order valence-electron chi connectivity index (χ2n) is 18.6. The molecule has 4 aliphatic rings. The van der Waals surface area contributed by atoms with Gasteiger partial charge in [-0.1, -0.05) is 103 Å². The van der Waals surface area contributed by atoms with Gasteiger partial charge in [0.1, 0.15) is 0 Å². The smallest absolute Gasteiger partial charge is 0.0598 e. The summed E-state index contributed by atoms with van der Waals surface area (Å²) < 4.78 is 12.0. The van der Waals surface area contributed by atoms with Crippen molar-refractivity contribution in [2.75, 3.05) is 13.2 Å². The minimum atomic E-state index is -1.34. The summed E-state index contributed by atoms with van der Waals surface area (Å²) in [5, 5.41) is 0. The van der Waals surface area contributed by atoms with Gasteiger partial charge in [0, 0.05) is 13.2 Å². The molecule has 4 aliphatic carbocycles. The first-order valence-electron chi connectivity index (χ1n) is 19.6. The molecule has 0 N–H and O–H groups in total. The van der Waals surface area contributed by atoms with Gasteiger partial charge in [0.25, 0.3) is 0 Å². The van der Waals surface area contributed by atoms with Gasteiger partial charge in [-0.05, 0) is 127 Å². The van der Waals surface area contributed by atoms with E-state index in [1.165, 1.54) is 89.9 Å². The maximum absolute atomic E-state index is 5.98. The van der Waals surface area contributed by atoms with E-state index in [0.29, 0.717) is 0 Å². The molecule has 4 saturated carbocycles. The molecule has 0 heterocycles. The predicted molar refractivity (Wildman–Crippen MR) is 190 cm³/mol. The first-order valence-corrected chi connectivity index (χ1v) is 22.8. The van der Waals surface area contributed by atoms with Gasteiger partial charge in [0.2, 0.25) is 0 Å². The standard InChI is InChI=1S/C40H76O2Si/c1-39(2,3)41-27-19-11-9-13-21-31-29-37(35-25-17-15-23-33(31)35)43(7,8)38-30-32(34-24-16-18-26-36(34)38)22-14-10-12-20-28-42-40(4,5)6/h31-38H,9-30H2,1-8H3. The Hall–Kier alpha value is 0.137. The van der Waals surface area contributed by atoms with Crippen molar-refractivity contribution in [3.63, 3.8) is 0 Å². The monoisotopic (exact) mass is 617 g/mol. The summed E-state index contributed by atoms with van der Waals surface area (Å²) in [6.45, 7) is 20.8. The van der Waals surface area contributed by atoms with E-state index in [0.717, 1.165) is 59.8 Å². The highest BCUT2D eigenvalue weighted by molar-refractivity contribution is 6.80. The van der Waals surface area contributed by atoms with Gasteiger partial charge in [-0.25, -0.2) is 0 Å². The van der Waals surface area contributed by atoms with Gasteiger partial charge >= 0.3 is 0 Å². The van der Waals surface area contributed by atoms with Gasteiger partial charge in [-0.3, -0.25) is 0 Å². The van der Waals surface area contributed by atoms with E-state index < -0.39 is 8.07 Å². The molecule has 252 valence electrons. The molecule has 8 atom stereocenters. The van der Waals surface area contributed by atoms with E-state index in [1.807, 2.05) is 0 Å². The first-order chi connectivity index (χ1) is 20.4. The van der Waals surface area contributed by atoms with Crippen LogP contribution in [0, 0.1) is 35.5 Å². The molecular weight excluding hydrogens is 541 g/mol. The molecule has 4 fully saturated rings. The second-order valence-corrected chi connectivity index (χ2v) is 23.7. The van der Waals surface area contributed by atoms with Crippen LogP contribution in [-0.4, -0.2) is 32.5 Å². The van der Waals surface area contributed by atoms with Gasteiger partial charge in [-0.15, -0.1) is 0 Å². The highest BCUT2D eigenvalue weighted by Crippen LogP contribution is 2.64. The molecule has 43 heavy (non-hydrogen) atoms. The lowest BCUT2D eigenvalue weighted by Gasteiger charge is -2.45. The number of fused-ring (bicyclic) bond motifs is 2. The summed E-state index contributed by atoms with van der Waals surface area (Å²) in [4.78, 5) is 0. The molecule has 0 amide bonds. The maximum Gasteiger partial charge on any atom is 0.0598 e. The number of hydrogen-bond donors (Lipinski definition) is 0. The zero-order chi connectivity index (χ0) is 31.1. The summed E-state index contributed by atoms with van der Waals surface area (Å²) in [5.74, 6) is 6.45. The Labute approximate surface area is 271 Å². The molecular formula is C40H76O2Si. The Morgan fingerprint density at radius 3 is 1.21 bits per heavy atom. The molecule has 0 aromatic carbocycles. The van der Waals surface area contributed by atoms with Crippen molar-refractivity contribution >= 4 is 8.07 Å². The van der Waals surface area contributed by atoms with Crippen LogP contribution in [0.5, 0.6) is 0 Å². The van der Waals surface area contributed by atoms with Crippen molar-refractivity contribution in [3.05, 3.63) is 0 Å². The first kappa shape index (κ1) is 36.0. The Kier molecular flexibility index (Phi) is 13.6. The van der Waals surface area contributed by atoms with Crippen LogP contribution < -0.4 is 0 Å². The molecule has 2 nitrogen and oxygen atoms in total. The molecule has 4 rings (SSSR count). The minimum absolute atomic E-state index is 0.0180. The fraction of sp³-hybridized carbons (Fsp3) is 1.00. The van der Waals surface area contributed by atoms with Gasteiger partial charge < -0.3 is 9.47 Å². The Balaban J connectivity index is 1.28. The maximum atomic E-state index is 5.98. The molecule has 0 saturated heterocycles. The quantitative estimate of drug-likeness (QED) is 0.127. The lowest BCUT2D eigenvalue weighted by Crippen LogP contribution is -2.43. The largest absolute Gasteiger partial charge is 0.376 e. The average molecular weight is 617 g/mol. The zero-order valence-electron chi connectivity index (χ0n) is 30.5. The molecule has 0 radical (unpaired) electrons. The van der Waals surface area contributed by atoms with E-state index in [2.05, 4.69) is 54.6 Å². The highest BCUT2D eigenvalue weighted by atomic mass is 28.3. The number of hydrogen-bond acceptors (Lipinski definition) is 2. The van der Waals surface area contributed by atoms with Crippen molar-refractivity contribution in [2.45, 2.75) is 205 Å². The number of unbranched alkanes of at least 4 members (excludes halogenated alkanes) is 6.